The van der Waals surface area contributed by atoms with Gasteiger partial charge < -0.3 is 9.26 Å². The lowest BCUT2D eigenvalue weighted by Crippen LogP contribution is -2.41. The zero-order chi connectivity index (χ0) is 15.1. The molecule has 0 spiro atoms. The van der Waals surface area contributed by atoms with Gasteiger partial charge in [-0.2, -0.15) is 0 Å². The lowest BCUT2D eigenvalue weighted by molar-refractivity contribution is -0.00952. The molecule has 2 fully saturated rings. The molecule has 0 unspecified atom stereocenters. The molecule has 0 bridgehead atoms. The maximum Gasteiger partial charge on any atom is 0.138 e. The summed E-state index contributed by atoms with van der Waals surface area (Å²) in [6, 6.07) is 0. The highest BCUT2D eigenvalue weighted by Crippen LogP contribution is 2.41. The van der Waals surface area contributed by atoms with Gasteiger partial charge in [0.05, 0.1) is 11.8 Å². The van der Waals surface area contributed by atoms with Crippen LogP contribution in [0.4, 0.5) is 0 Å². The van der Waals surface area contributed by atoms with Gasteiger partial charge in [0.15, 0.2) is 0 Å². The molecule has 5 nitrogen and oxygen atoms in total. The molecule has 2 aliphatic rings. The van der Waals surface area contributed by atoms with Gasteiger partial charge >= 0.3 is 0 Å². The van der Waals surface area contributed by atoms with E-state index in [-0.39, 0.29) is 6.10 Å². The summed E-state index contributed by atoms with van der Waals surface area (Å²) >= 11 is 1.70. The summed E-state index contributed by atoms with van der Waals surface area (Å²) in [5.74, 6) is 1.61. The maximum absolute atomic E-state index is 6.29. The lowest BCUT2D eigenvalue weighted by Gasteiger charge is -2.33. The summed E-state index contributed by atoms with van der Waals surface area (Å²) in [6.45, 7) is 7.04. The Labute approximate surface area is 134 Å². The second-order valence-corrected chi connectivity index (χ2v) is 7.28. The van der Waals surface area contributed by atoms with Crippen LogP contribution in [0.3, 0.4) is 0 Å². The third-order valence-electron chi connectivity index (χ3n) is 4.93. The fourth-order valence-electron chi connectivity index (χ4n) is 3.64. The highest BCUT2D eigenvalue weighted by molar-refractivity contribution is 7.09. The minimum absolute atomic E-state index is 0.203. The van der Waals surface area contributed by atoms with E-state index in [0.717, 1.165) is 42.5 Å². The Hall–Kier alpha value is -1.24. The Kier molecular flexibility index (Phi) is 3.76. The summed E-state index contributed by atoms with van der Waals surface area (Å²) in [6.07, 6.45) is 4.74. The smallest absolute Gasteiger partial charge is 0.138 e. The number of fused-ring (bicyclic) bond motifs is 1. The van der Waals surface area contributed by atoms with E-state index >= 15 is 0 Å². The molecule has 6 heteroatoms. The molecule has 0 aromatic carbocycles. The van der Waals surface area contributed by atoms with Crippen molar-refractivity contribution in [3.63, 3.8) is 0 Å². The minimum atomic E-state index is 0.203. The fourth-order valence-corrected chi connectivity index (χ4v) is 4.33. The number of aryl methyl sites for hydroxylation is 2. The lowest BCUT2D eigenvalue weighted by atomic mass is 9.91. The molecule has 2 aromatic heterocycles. The van der Waals surface area contributed by atoms with E-state index in [4.69, 9.17) is 9.26 Å². The number of rotatable bonds is 3. The first-order valence-electron chi connectivity index (χ1n) is 7.89. The van der Waals surface area contributed by atoms with Gasteiger partial charge in [-0.3, -0.25) is 4.90 Å². The molecular formula is C16H21N3O2S. The highest BCUT2D eigenvalue weighted by atomic mass is 32.1. The number of aromatic nitrogens is 2. The van der Waals surface area contributed by atoms with Crippen LogP contribution in [0.1, 0.15) is 41.0 Å². The number of hydrogen-bond acceptors (Lipinski definition) is 6. The topological polar surface area (TPSA) is 51.4 Å². The van der Waals surface area contributed by atoms with Crippen LogP contribution in [-0.2, 0) is 11.3 Å². The first-order chi connectivity index (χ1) is 10.7. The molecule has 2 aromatic rings. The average molecular weight is 319 g/mol. The first-order valence-corrected chi connectivity index (χ1v) is 8.77. The molecule has 4 heterocycles. The predicted molar refractivity (Wildman–Crippen MR) is 83.7 cm³/mol. The standard InChI is InChI=1S/C16H21N3O2S/c1-10-13(11(2)21-18-10)8-19-5-3-12-7-14(20-15(12)9-19)16-17-4-6-22-16/h4,6,12,14-15H,3,5,7-9H2,1-2H3/t12-,14+,15+/m1/s1. The summed E-state index contributed by atoms with van der Waals surface area (Å²) in [4.78, 5) is 6.89. The SMILES string of the molecule is Cc1noc(C)c1CN1CC[C@@H]2C[C@@H](c3nccs3)O[C@H]2C1. The summed E-state index contributed by atoms with van der Waals surface area (Å²) in [5, 5.41) is 7.22. The van der Waals surface area contributed by atoms with Crippen LogP contribution in [-0.4, -0.2) is 34.2 Å². The summed E-state index contributed by atoms with van der Waals surface area (Å²) in [7, 11) is 0. The van der Waals surface area contributed by atoms with E-state index in [0.29, 0.717) is 12.0 Å². The Bertz CT molecular complexity index is 620. The van der Waals surface area contributed by atoms with Crippen molar-refractivity contribution >= 4 is 11.3 Å². The van der Waals surface area contributed by atoms with Gasteiger partial charge in [0.25, 0.3) is 0 Å². The van der Waals surface area contributed by atoms with Gasteiger partial charge in [-0.15, -0.1) is 11.3 Å². The second kappa shape index (κ2) is 5.76. The number of hydrogen-bond donors (Lipinski definition) is 0. The quantitative estimate of drug-likeness (QED) is 0.870. The van der Waals surface area contributed by atoms with Crippen molar-refractivity contribution < 1.29 is 9.26 Å². The van der Waals surface area contributed by atoms with Gasteiger partial charge in [0, 0.05) is 30.2 Å². The number of thiazole rings is 1. The number of nitrogens with zero attached hydrogens (tertiary/aromatic N) is 3. The summed E-state index contributed by atoms with van der Waals surface area (Å²) < 4.78 is 11.6. The Morgan fingerprint density at radius 3 is 3.05 bits per heavy atom. The van der Waals surface area contributed by atoms with Crippen molar-refractivity contribution in [3.8, 4) is 0 Å². The molecule has 4 rings (SSSR count). The van der Waals surface area contributed by atoms with E-state index in [1.165, 1.54) is 12.0 Å². The molecule has 3 atom stereocenters. The van der Waals surface area contributed by atoms with Crippen molar-refractivity contribution in [1.29, 1.82) is 0 Å². The van der Waals surface area contributed by atoms with Gasteiger partial charge in [0.1, 0.15) is 16.9 Å². The van der Waals surface area contributed by atoms with Crippen molar-refractivity contribution in [3.05, 3.63) is 33.6 Å². The predicted octanol–water partition coefficient (Wildman–Crippen LogP) is 3.10. The fraction of sp³-hybridized carbons (Fsp3) is 0.625. The van der Waals surface area contributed by atoms with E-state index in [1.807, 2.05) is 25.4 Å². The Balaban J connectivity index is 1.42. The molecule has 0 N–H and O–H groups in total. The normalized spacial score (nSPS) is 28.9. The van der Waals surface area contributed by atoms with E-state index in [9.17, 15) is 0 Å². The van der Waals surface area contributed by atoms with Gasteiger partial charge in [-0.05, 0) is 39.2 Å². The largest absolute Gasteiger partial charge is 0.366 e. The van der Waals surface area contributed by atoms with Gasteiger partial charge in [-0.25, -0.2) is 4.98 Å². The zero-order valence-corrected chi connectivity index (χ0v) is 13.8. The molecule has 2 saturated heterocycles. The van der Waals surface area contributed by atoms with Crippen LogP contribution in [0.5, 0.6) is 0 Å². The van der Waals surface area contributed by atoms with Crippen LogP contribution in [0.15, 0.2) is 16.1 Å². The van der Waals surface area contributed by atoms with Crippen LogP contribution >= 0.6 is 11.3 Å². The molecule has 0 aliphatic carbocycles. The molecule has 0 amide bonds. The van der Waals surface area contributed by atoms with Crippen LogP contribution in [0, 0.1) is 19.8 Å². The van der Waals surface area contributed by atoms with Crippen molar-refractivity contribution in [2.75, 3.05) is 13.1 Å². The van der Waals surface area contributed by atoms with E-state index in [2.05, 4.69) is 15.0 Å². The maximum atomic E-state index is 6.29. The molecular weight excluding hydrogens is 298 g/mol. The molecule has 0 saturated carbocycles. The second-order valence-electron chi connectivity index (χ2n) is 6.36. The minimum Gasteiger partial charge on any atom is -0.366 e. The van der Waals surface area contributed by atoms with Crippen LogP contribution in [0.2, 0.25) is 0 Å². The molecule has 0 radical (unpaired) electrons. The Morgan fingerprint density at radius 1 is 1.41 bits per heavy atom. The zero-order valence-electron chi connectivity index (χ0n) is 13.0. The van der Waals surface area contributed by atoms with Crippen LogP contribution in [0.25, 0.3) is 0 Å². The number of ether oxygens (including phenoxy) is 1. The first kappa shape index (κ1) is 14.4. The third kappa shape index (κ3) is 2.59. The van der Waals surface area contributed by atoms with Crippen LogP contribution < -0.4 is 0 Å². The van der Waals surface area contributed by atoms with E-state index in [1.54, 1.807) is 11.3 Å². The molecule has 118 valence electrons. The van der Waals surface area contributed by atoms with Gasteiger partial charge in [-0.1, -0.05) is 5.16 Å². The van der Waals surface area contributed by atoms with Crippen molar-refractivity contribution in [2.24, 2.45) is 5.92 Å². The average Bonchev–Trinajstić information content (AvgIpc) is 3.22. The van der Waals surface area contributed by atoms with Crippen molar-refractivity contribution in [2.45, 2.75) is 45.4 Å². The van der Waals surface area contributed by atoms with Gasteiger partial charge in [0.2, 0.25) is 0 Å². The third-order valence-corrected chi connectivity index (χ3v) is 5.79. The highest BCUT2D eigenvalue weighted by Gasteiger charge is 2.40. The number of piperidine rings is 1. The number of likely N-dealkylation sites (tertiary alicyclic amines) is 1. The molecule has 22 heavy (non-hydrogen) atoms. The molecule has 2 aliphatic heterocycles. The monoisotopic (exact) mass is 319 g/mol. The van der Waals surface area contributed by atoms with Crippen molar-refractivity contribution in [1.82, 2.24) is 15.0 Å². The van der Waals surface area contributed by atoms with E-state index < -0.39 is 0 Å². The Morgan fingerprint density at radius 2 is 2.32 bits per heavy atom. The summed E-state index contributed by atoms with van der Waals surface area (Å²) in [5.41, 5.74) is 2.24.